The van der Waals surface area contributed by atoms with Gasteiger partial charge in [-0.05, 0) is 30.3 Å². The normalized spacial score (nSPS) is 27.3. The van der Waals surface area contributed by atoms with Gasteiger partial charge in [0.25, 0.3) is 0 Å². The maximum absolute atomic E-state index is 9.09. The van der Waals surface area contributed by atoms with Crippen molar-refractivity contribution in [2.24, 2.45) is 0 Å². The molecule has 1 aliphatic heterocycles. The standard InChI is InChI=1S/C14H20BNO3/c17-15(18)12-6-4-11(5-7-12)10-16-8-9-19-14-3-1-2-13(14)16/h4-7,13-14,17-18H,1-3,8-10H2. The summed E-state index contributed by atoms with van der Waals surface area (Å²) in [5.74, 6) is 0. The monoisotopic (exact) mass is 261 g/mol. The molecule has 3 rings (SSSR count). The van der Waals surface area contributed by atoms with Crippen LogP contribution in [-0.2, 0) is 11.3 Å². The molecule has 1 aromatic rings. The third kappa shape index (κ3) is 2.84. The number of nitrogens with zero attached hydrogens (tertiary/aromatic N) is 1. The van der Waals surface area contributed by atoms with E-state index in [2.05, 4.69) is 4.90 Å². The predicted molar refractivity (Wildman–Crippen MR) is 74.1 cm³/mol. The van der Waals surface area contributed by atoms with E-state index in [9.17, 15) is 0 Å². The SMILES string of the molecule is OB(O)c1ccc(CN2CCOC3CCCC32)cc1. The lowest BCUT2D eigenvalue weighted by atomic mass is 9.80. The van der Waals surface area contributed by atoms with Gasteiger partial charge in [-0.15, -0.1) is 0 Å². The summed E-state index contributed by atoms with van der Waals surface area (Å²) < 4.78 is 5.81. The Morgan fingerprint density at radius 3 is 2.74 bits per heavy atom. The quantitative estimate of drug-likeness (QED) is 0.759. The van der Waals surface area contributed by atoms with Gasteiger partial charge in [-0.2, -0.15) is 0 Å². The zero-order valence-electron chi connectivity index (χ0n) is 11.0. The maximum Gasteiger partial charge on any atom is 0.488 e. The molecule has 0 bridgehead atoms. The van der Waals surface area contributed by atoms with Crippen molar-refractivity contribution in [2.45, 2.75) is 38.0 Å². The largest absolute Gasteiger partial charge is 0.488 e. The molecule has 5 heteroatoms. The summed E-state index contributed by atoms with van der Waals surface area (Å²) in [6, 6.07) is 8.10. The van der Waals surface area contributed by atoms with Crippen molar-refractivity contribution in [3.63, 3.8) is 0 Å². The van der Waals surface area contributed by atoms with Crippen LogP contribution in [-0.4, -0.2) is 47.4 Å². The second-order valence-electron chi connectivity index (χ2n) is 5.49. The van der Waals surface area contributed by atoms with Crippen molar-refractivity contribution < 1.29 is 14.8 Å². The fourth-order valence-electron chi connectivity index (χ4n) is 3.23. The van der Waals surface area contributed by atoms with Crippen LogP contribution in [0.3, 0.4) is 0 Å². The van der Waals surface area contributed by atoms with Crippen LogP contribution in [0, 0.1) is 0 Å². The van der Waals surface area contributed by atoms with Gasteiger partial charge in [-0.1, -0.05) is 24.3 Å². The molecule has 1 saturated heterocycles. The molecule has 0 aromatic heterocycles. The molecule has 2 aliphatic rings. The van der Waals surface area contributed by atoms with Crippen molar-refractivity contribution in [1.29, 1.82) is 0 Å². The van der Waals surface area contributed by atoms with Gasteiger partial charge in [0.15, 0.2) is 0 Å². The second kappa shape index (κ2) is 5.63. The molecule has 1 aromatic carbocycles. The smallest absolute Gasteiger partial charge is 0.423 e. The lowest BCUT2D eigenvalue weighted by Crippen LogP contribution is -2.47. The van der Waals surface area contributed by atoms with E-state index in [0.717, 1.165) is 19.7 Å². The summed E-state index contributed by atoms with van der Waals surface area (Å²) in [7, 11) is -1.38. The number of hydrogen-bond donors (Lipinski definition) is 2. The zero-order chi connectivity index (χ0) is 13.2. The number of rotatable bonds is 3. The van der Waals surface area contributed by atoms with Gasteiger partial charge < -0.3 is 14.8 Å². The highest BCUT2D eigenvalue weighted by Crippen LogP contribution is 2.30. The van der Waals surface area contributed by atoms with E-state index in [4.69, 9.17) is 14.8 Å². The van der Waals surface area contributed by atoms with E-state index in [-0.39, 0.29) is 0 Å². The van der Waals surface area contributed by atoms with Crippen LogP contribution in [0.4, 0.5) is 0 Å². The molecule has 2 fully saturated rings. The first-order valence-corrected chi connectivity index (χ1v) is 7.04. The lowest BCUT2D eigenvalue weighted by Gasteiger charge is -2.37. The van der Waals surface area contributed by atoms with Crippen molar-refractivity contribution >= 4 is 12.6 Å². The average molecular weight is 261 g/mol. The third-order valence-corrected chi connectivity index (χ3v) is 4.26. The molecule has 0 spiro atoms. The molecule has 2 N–H and O–H groups in total. The maximum atomic E-state index is 9.09. The Morgan fingerprint density at radius 2 is 2.00 bits per heavy atom. The Labute approximate surface area is 114 Å². The van der Waals surface area contributed by atoms with Crippen LogP contribution in [0.15, 0.2) is 24.3 Å². The summed E-state index contributed by atoms with van der Waals surface area (Å²) >= 11 is 0. The molecule has 2 atom stereocenters. The first kappa shape index (κ1) is 13.1. The minimum absolute atomic E-state index is 0.423. The van der Waals surface area contributed by atoms with Crippen molar-refractivity contribution in [3.8, 4) is 0 Å². The van der Waals surface area contributed by atoms with Gasteiger partial charge >= 0.3 is 7.12 Å². The van der Waals surface area contributed by atoms with Crippen LogP contribution in [0.2, 0.25) is 0 Å². The van der Waals surface area contributed by atoms with Crippen LogP contribution in [0.25, 0.3) is 0 Å². The zero-order valence-corrected chi connectivity index (χ0v) is 11.0. The lowest BCUT2D eigenvalue weighted by molar-refractivity contribution is -0.0588. The third-order valence-electron chi connectivity index (χ3n) is 4.26. The summed E-state index contributed by atoms with van der Waals surface area (Å²) in [5, 5.41) is 18.2. The average Bonchev–Trinajstić information content (AvgIpc) is 2.89. The Balaban J connectivity index is 1.67. The number of fused-ring (bicyclic) bond motifs is 1. The molecule has 1 heterocycles. The van der Waals surface area contributed by atoms with Gasteiger partial charge in [-0.3, -0.25) is 4.90 Å². The second-order valence-corrected chi connectivity index (χ2v) is 5.49. The number of hydrogen-bond acceptors (Lipinski definition) is 4. The molecule has 1 saturated carbocycles. The first-order chi connectivity index (χ1) is 9.24. The molecule has 102 valence electrons. The van der Waals surface area contributed by atoms with E-state index in [1.807, 2.05) is 12.1 Å². The van der Waals surface area contributed by atoms with E-state index < -0.39 is 7.12 Å². The Kier molecular flexibility index (Phi) is 3.89. The van der Waals surface area contributed by atoms with E-state index >= 15 is 0 Å². The topological polar surface area (TPSA) is 52.9 Å². The number of ether oxygens (including phenoxy) is 1. The first-order valence-electron chi connectivity index (χ1n) is 7.04. The van der Waals surface area contributed by atoms with Gasteiger partial charge in [-0.25, -0.2) is 0 Å². The van der Waals surface area contributed by atoms with Crippen molar-refractivity contribution in [2.75, 3.05) is 13.2 Å². The van der Waals surface area contributed by atoms with E-state index in [1.54, 1.807) is 12.1 Å². The van der Waals surface area contributed by atoms with Crippen LogP contribution < -0.4 is 5.46 Å². The molecular formula is C14H20BNO3. The highest BCUT2D eigenvalue weighted by atomic mass is 16.5. The fourth-order valence-corrected chi connectivity index (χ4v) is 3.23. The minimum Gasteiger partial charge on any atom is -0.423 e. The molecule has 1 aliphatic carbocycles. The summed E-state index contributed by atoms with van der Waals surface area (Å²) in [6.45, 7) is 2.74. The fraction of sp³-hybridized carbons (Fsp3) is 0.571. The van der Waals surface area contributed by atoms with Gasteiger partial charge in [0, 0.05) is 19.1 Å². The Morgan fingerprint density at radius 1 is 1.21 bits per heavy atom. The molecule has 2 unspecified atom stereocenters. The van der Waals surface area contributed by atoms with Gasteiger partial charge in [0.05, 0.1) is 12.7 Å². The summed E-state index contributed by atoms with van der Waals surface area (Å²) in [5.41, 5.74) is 1.77. The Bertz CT molecular complexity index is 423. The molecule has 19 heavy (non-hydrogen) atoms. The van der Waals surface area contributed by atoms with Crippen LogP contribution in [0.5, 0.6) is 0 Å². The number of morpholine rings is 1. The highest BCUT2D eigenvalue weighted by Gasteiger charge is 2.35. The number of benzene rings is 1. The van der Waals surface area contributed by atoms with Crippen molar-refractivity contribution in [3.05, 3.63) is 29.8 Å². The summed E-state index contributed by atoms with van der Waals surface area (Å²) in [4.78, 5) is 2.51. The molecular weight excluding hydrogens is 241 g/mol. The van der Waals surface area contributed by atoms with Gasteiger partial charge in [0.2, 0.25) is 0 Å². The van der Waals surface area contributed by atoms with E-state index in [0.29, 0.717) is 17.6 Å². The van der Waals surface area contributed by atoms with E-state index in [1.165, 1.54) is 24.8 Å². The molecule has 0 radical (unpaired) electrons. The predicted octanol–water partition coefficient (Wildman–Crippen LogP) is 0.120. The minimum atomic E-state index is -1.38. The summed E-state index contributed by atoms with van der Waals surface area (Å²) in [6.07, 6.45) is 4.11. The van der Waals surface area contributed by atoms with Gasteiger partial charge in [0.1, 0.15) is 0 Å². The van der Waals surface area contributed by atoms with Crippen LogP contribution in [0.1, 0.15) is 24.8 Å². The van der Waals surface area contributed by atoms with Crippen LogP contribution >= 0.6 is 0 Å². The molecule has 4 nitrogen and oxygen atoms in total. The molecule has 0 amide bonds. The Hall–Kier alpha value is -0.875. The van der Waals surface area contributed by atoms with Crippen molar-refractivity contribution in [1.82, 2.24) is 4.90 Å². The highest BCUT2D eigenvalue weighted by molar-refractivity contribution is 6.58.